The van der Waals surface area contributed by atoms with E-state index in [4.69, 9.17) is 11.6 Å². The first-order chi connectivity index (χ1) is 8.16. The Kier molecular flexibility index (Phi) is 4.68. The summed E-state index contributed by atoms with van der Waals surface area (Å²) < 4.78 is 0.994. The SMILES string of the molecule is O=C(NC1CCC(Cl)CC1)c1ccccc1I. The van der Waals surface area contributed by atoms with E-state index in [1.807, 2.05) is 24.3 Å². The number of carbonyl (C=O) groups excluding carboxylic acids is 1. The first-order valence-electron chi connectivity index (χ1n) is 5.86. The van der Waals surface area contributed by atoms with Crippen molar-refractivity contribution in [2.45, 2.75) is 37.1 Å². The van der Waals surface area contributed by atoms with Crippen LogP contribution in [-0.4, -0.2) is 17.3 Å². The van der Waals surface area contributed by atoms with Crippen LogP contribution in [0.15, 0.2) is 24.3 Å². The number of hydrogen-bond donors (Lipinski definition) is 1. The van der Waals surface area contributed by atoms with Gasteiger partial charge in [-0.25, -0.2) is 0 Å². The van der Waals surface area contributed by atoms with Gasteiger partial charge in [0.05, 0.1) is 5.56 Å². The van der Waals surface area contributed by atoms with Gasteiger partial charge in [-0.05, 0) is 60.4 Å². The van der Waals surface area contributed by atoms with Crippen LogP contribution in [0, 0.1) is 3.57 Å². The van der Waals surface area contributed by atoms with Crippen LogP contribution in [0.1, 0.15) is 36.0 Å². The molecule has 0 unspecified atom stereocenters. The van der Waals surface area contributed by atoms with Crippen molar-refractivity contribution in [1.29, 1.82) is 0 Å². The first-order valence-corrected chi connectivity index (χ1v) is 7.38. The fraction of sp³-hybridized carbons (Fsp3) is 0.462. The molecule has 0 aromatic heterocycles. The van der Waals surface area contributed by atoms with Crippen molar-refractivity contribution in [2.24, 2.45) is 0 Å². The zero-order valence-electron chi connectivity index (χ0n) is 9.46. The molecule has 4 heteroatoms. The van der Waals surface area contributed by atoms with Crippen LogP contribution in [0.5, 0.6) is 0 Å². The summed E-state index contributed by atoms with van der Waals surface area (Å²) in [7, 11) is 0. The number of nitrogens with one attached hydrogen (secondary N) is 1. The number of benzene rings is 1. The van der Waals surface area contributed by atoms with E-state index < -0.39 is 0 Å². The van der Waals surface area contributed by atoms with Crippen LogP contribution in [0.25, 0.3) is 0 Å². The Morgan fingerprint density at radius 1 is 1.24 bits per heavy atom. The molecule has 1 amide bonds. The smallest absolute Gasteiger partial charge is 0.252 e. The minimum atomic E-state index is 0.0352. The lowest BCUT2D eigenvalue weighted by Crippen LogP contribution is -2.38. The van der Waals surface area contributed by atoms with Crippen LogP contribution in [0.3, 0.4) is 0 Å². The highest BCUT2D eigenvalue weighted by Crippen LogP contribution is 2.23. The molecule has 2 rings (SSSR count). The van der Waals surface area contributed by atoms with Crippen LogP contribution < -0.4 is 5.32 Å². The monoisotopic (exact) mass is 363 g/mol. The van der Waals surface area contributed by atoms with E-state index in [0.717, 1.165) is 34.8 Å². The summed E-state index contributed by atoms with van der Waals surface area (Å²) >= 11 is 8.24. The summed E-state index contributed by atoms with van der Waals surface area (Å²) in [6.45, 7) is 0. The van der Waals surface area contributed by atoms with Gasteiger partial charge in [-0.1, -0.05) is 12.1 Å². The second-order valence-corrected chi connectivity index (χ2v) is 6.18. The van der Waals surface area contributed by atoms with E-state index in [9.17, 15) is 4.79 Å². The van der Waals surface area contributed by atoms with Crippen molar-refractivity contribution in [3.05, 3.63) is 33.4 Å². The number of amides is 1. The Morgan fingerprint density at radius 2 is 1.88 bits per heavy atom. The lowest BCUT2D eigenvalue weighted by molar-refractivity contribution is 0.0927. The van der Waals surface area contributed by atoms with Crippen molar-refractivity contribution in [3.63, 3.8) is 0 Å². The molecule has 0 radical (unpaired) electrons. The van der Waals surface area contributed by atoms with Gasteiger partial charge in [0.25, 0.3) is 5.91 Å². The standard InChI is InChI=1S/C13H15ClINO/c14-9-5-7-10(8-6-9)16-13(17)11-3-1-2-4-12(11)15/h1-4,9-10H,5-8H2,(H,16,17). The molecule has 1 aromatic rings. The van der Waals surface area contributed by atoms with E-state index in [2.05, 4.69) is 27.9 Å². The Bertz CT molecular complexity index is 402. The quantitative estimate of drug-likeness (QED) is 0.632. The molecule has 1 aliphatic rings. The van der Waals surface area contributed by atoms with E-state index in [1.54, 1.807) is 0 Å². The molecule has 0 atom stereocenters. The van der Waals surface area contributed by atoms with Crippen LogP contribution in [0.4, 0.5) is 0 Å². The number of hydrogen-bond acceptors (Lipinski definition) is 1. The minimum Gasteiger partial charge on any atom is -0.349 e. The maximum atomic E-state index is 12.1. The van der Waals surface area contributed by atoms with Crippen molar-refractivity contribution in [2.75, 3.05) is 0 Å². The Balaban J connectivity index is 1.96. The van der Waals surface area contributed by atoms with E-state index in [0.29, 0.717) is 5.38 Å². The number of carbonyl (C=O) groups is 1. The summed E-state index contributed by atoms with van der Waals surface area (Å²) in [5.74, 6) is 0.0352. The predicted molar refractivity (Wildman–Crippen MR) is 78.5 cm³/mol. The molecule has 1 N–H and O–H groups in total. The van der Waals surface area contributed by atoms with Gasteiger partial charge in [0.1, 0.15) is 0 Å². The number of halogens is 2. The molecule has 0 saturated heterocycles. The topological polar surface area (TPSA) is 29.1 Å². The molecule has 1 aromatic carbocycles. The molecular formula is C13H15ClINO. The largest absolute Gasteiger partial charge is 0.349 e. The average molecular weight is 364 g/mol. The molecule has 92 valence electrons. The maximum absolute atomic E-state index is 12.1. The Morgan fingerprint density at radius 3 is 2.53 bits per heavy atom. The fourth-order valence-corrected chi connectivity index (χ4v) is 2.99. The molecule has 1 aliphatic carbocycles. The average Bonchev–Trinajstić information content (AvgIpc) is 2.32. The maximum Gasteiger partial charge on any atom is 0.252 e. The molecule has 1 fully saturated rings. The van der Waals surface area contributed by atoms with Crippen molar-refractivity contribution in [3.8, 4) is 0 Å². The predicted octanol–water partition coefficient (Wildman–Crippen LogP) is 3.57. The second-order valence-electron chi connectivity index (χ2n) is 4.40. The van der Waals surface area contributed by atoms with Crippen molar-refractivity contribution in [1.82, 2.24) is 5.32 Å². The summed E-state index contributed by atoms with van der Waals surface area (Å²) in [4.78, 5) is 12.1. The third-order valence-corrected chi connectivity index (χ3v) is 4.49. The molecule has 0 spiro atoms. The third-order valence-electron chi connectivity index (χ3n) is 3.11. The summed E-state index contributed by atoms with van der Waals surface area (Å²) in [6.07, 6.45) is 3.98. The second kappa shape index (κ2) is 6.05. The van der Waals surface area contributed by atoms with Crippen LogP contribution >= 0.6 is 34.2 Å². The normalized spacial score (nSPS) is 24.4. The zero-order valence-corrected chi connectivity index (χ0v) is 12.4. The summed E-state index contributed by atoms with van der Waals surface area (Å²) in [6, 6.07) is 7.94. The number of alkyl halides is 1. The van der Waals surface area contributed by atoms with Gasteiger partial charge in [0.15, 0.2) is 0 Å². The van der Waals surface area contributed by atoms with Gasteiger partial charge < -0.3 is 5.32 Å². The van der Waals surface area contributed by atoms with E-state index >= 15 is 0 Å². The number of rotatable bonds is 2. The van der Waals surface area contributed by atoms with Gasteiger partial charge >= 0.3 is 0 Å². The van der Waals surface area contributed by atoms with Crippen molar-refractivity contribution >= 4 is 40.1 Å². The van der Waals surface area contributed by atoms with E-state index in [1.165, 1.54) is 0 Å². The highest BCUT2D eigenvalue weighted by atomic mass is 127. The molecule has 0 heterocycles. The zero-order chi connectivity index (χ0) is 12.3. The minimum absolute atomic E-state index is 0.0352. The fourth-order valence-electron chi connectivity index (χ4n) is 2.11. The lowest BCUT2D eigenvalue weighted by Gasteiger charge is -2.25. The molecule has 1 saturated carbocycles. The van der Waals surface area contributed by atoms with Gasteiger partial charge in [-0.15, -0.1) is 11.6 Å². The van der Waals surface area contributed by atoms with Gasteiger partial charge in [-0.2, -0.15) is 0 Å². The van der Waals surface area contributed by atoms with E-state index in [-0.39, 0.29) is 11.9 Å². The lowest BCUT2D eigenvalue weighted by atomic mass is 9.95. The third kappa shape index (κ3) is 3.58. The highest BCUT2D eigenvalue weighted by molar-refractivity contribution is 14.1. The highest BCUT2D eigenvalue weighted by Gasteiger charge is 2.21. The molecule has 2 nitrogen and oxygen atoms in total. The first kappa shape index (κ1) is 13.1. The molecule has 0 aliphatic heterocycles. The summed E-state index contributed by atoms with van der Waals surface area (Å²) in [5, 5.41) is 3.39. The summed E-state index contributed by atoms with van der Waals surface area (Å²) in [5.41, 5.74) is 0.765. The Labute approximate surface area is 120 Å². The van der Waals surface area contributed by atoms with Gasteiger partial charge in [-0.3, -0.25) is 4.79 Å². The van der Waals surface area contributed by atoms with Crippen molar-refractivity contribution < 1.29 is 4.79 Å². The van der Waals surface area contributed by atoms with Crippen LogP contribution in [-0.2, 0) is 0 Å². The van der Waals surface area contributed by atoms with Gasteiger partial charge in [0, 0.05) is 15.0 Å². The Hall–Kier alpha value is -0.290. The molecule has 0 bridgehead atoms. The van der Waals surface area contributed by atoms with Gasteiger partial charge in [0.2, 0.25) is 0 Å². The molecule has 17 heavy (non-hydrogen) atoms. The van der Waals surface area contributed by atoms with Crippen LogP contribution in [0.2, 0.25) is 0 Å². The molecular weight excluding hydrogens is 349 g/mol.